The average molecular weight is 373 g/mol. The lowest BCUT2D eigenvalue weighted by Crippen LogP contribution is -2.32. The molecule has 138 valence electrons. The molecule has 0 saturated carbocycles. The van der Waals surface area contributed by atoms with Crippen molar-refractivity contribution in [2.75, 3.05) is 6.54 Å². The van der Waals surface area contributed by atoms with Crippen LogP contribution in [0.4, 0.5) is 0 Å². The van der Waals surface area contributed by atoms with Gasteiger partial charge < -0.3 is 0 Å². The summed E-state index contributed by atoms with van der Waals surface area (Å²) in [7, 11) is -3.58. The smallest absolute Gasteiger partial charge is 0.267 e. The highest BCUT2D eigenvalue weighted by molar-refractivity contribution is 7.89. The Morgan fingerprint density at radius 1 is 0.962 bits per heavy atom. The summed E-state index contributed by atoms with van der Waals surface area (Å²) in [5, 5.41) is 4.37. The van der Waals surface area contributed by atoms with Crippen molar-refractivity contribution in [1.82, 2.24) is 14.5 Å². The van der Waals surface area contributed by atoms with Gasteiger partial charge in [0.05, 0.1) is 17.1 Å². The molecule has 2 aromatic rings. The largest absolute Gasteiger partial charge is 0.268 e. The zero-order chi connectivity index (χ0) is 18.1. The molecule has 0 saturated heterocycles. The first kappa shape index (κ1) is 17.4. The second-order valence-electron chi connectivity index (χ2n) is 7.07. The van der Waals surface area contributed by atoms with Crippen LogP contribution in [0, 0.1) is 0 Å². The van der Waals surface area contributed by atoms with E-state index in [4.69, 9.17) is 0 Å². The monoisotopic (exact) mass is 373 g/mol. The number of hydrogen-bond acceptors (Lipinski definition) is 4. The minimum atomic E-state index is -3.58. The van der Waals surface area contributed by atoms with Gasteiger partial charge in [-0.2, -0.15) is 5.10 Å². The summed E-state index contributed by atoms with van der Waals surface area (Å²) in [6.07, 6.45) is 7.05. The van der Waals surface area contributed by atoms with Gasteiger partial charge in [-0.25, -0.2) is 17.8 Å². The van der Waals surface area contributed by atoms with E-state index in [1.54, 1.807) is 18.2 Å². The summed E-state index contributed by atoms with van der Waals surface area (Å²) >= 11 is 0. The second kappa shape index (κ2) is 6.96. The Hall–Kier alpha value is -1.99. The van der Waals surface area contributed by atoms with Crippen molar-refractivity contribution in [3.63, 3.8) is 0 Å². The topological polar surface area (TPSA) is 81.1 Å². The van der Waals surface area contributed by atoms with Gasteiger partial charge in [0.25, 0.3) is 5.56 Å². The zero-order valence-corrected chi connectivity index (χ0v) is 15.5. The molecule has 0 spiro atoms. The third-order valence-corrected chi connectivity index (χ3v) is 6.73. The van der Waals surface area contributed by atoms with Crippen molar-refractivity contribution in [1.29, 1.82) is 0 Å². The fraction of sp³-hybridized carbons (Fsp3) is 0.474. The SMILES string of the molecule is O=c1cc2c(nn1CCNS(=O)(=O)c1ccc3c(c1)CCCC3)CCC2. The van der Waals surface area contributed by atoms with E-state index in [1.807, 2.05) is 6.07 Å². The van der Waals surface area contributed by atoms with E-state index in [9.17, 15) is 13.2 Å². The second-order valence-corrected chi connectivity index (χ2v) is 8.83. The Morgan fingerprint density at radius 2 is 1.73 bits per heavy atom. The first-order valence-corrected chi connectivity index (χ1v) is 10.7. The Kier molecular flexibility index (Phi) is 4.67. The van der Waals surface area contributed by atoms with E-state index in [1.165, 1.54) is 16.7 Å². The Balaban J connectivity index is 1.45. The average Bonchev–Trinajstić information content (AvgIpc) is 3.08. The van der Waals surface area contributed by atoms with Crippen molar-refractivity contribution in [2.24, 2.45) is 0 Å². The fourth-order valence-electron chi connectivity index (χ4n) is 3.85. The van der Waals surface area contributed by atoms with E-state index in [0.29, 0.717) is 4.90 Å². The maximum atomic E-state index is 12.6. The third kappa shape index (κ3) is 3.46. The summed E-state index contributed by atoms with van der Waals surface area (Å²) < 4.78 is 29.1. The van der Waals surface area contributed by atoms with E-state index < -0.39 is 10.0 Å². The van der Waals surface area contributed by atoms with Gasteiger partial charge in [-0.15, -0.1) is 0 Å². The van der Waals surface area contributed by atoms with Gasteiger partial charge in [0.1, 0.15) is 0 Å². The van der Waals surface area contributed by atoms with Crippen molar-refractivity contribution in [3.05, 3.63) is 57.0 Å². The van der Waals surface area contributed by atoms with E-state index in [2.05, 4.69) is 9.82 Å². The molecule has 1 aromatic carbocycles. The van der Waals surface area contributed by atoms with Crippen LogP contribution in [0.1, 0.15) is 41.6 Å². The maximum Gasteiger partial charge on any atom is 0.267 e. The Bertz CT molecular complexity index is 996. The minimum absolute atomic E-state index is 0.144. The van der Waals surface area contributed by atoms with Gasteiger partial charge >= 0.3 is 0 Å². The summed E-state index contributed by atoms with van der Waals surface area (Å²) in [4.78, 5) is 12.4. The number of hydrogen-bond donors (Lipinski definition) is 1. The molecular weight excluding hydrogens is 350 g/mol. The standard InChI is InChI=1S/C19H23N3O3S/c23-19-13-16-6-3-7-18(16)21-22(19)11-10-20-26(24,25)17-9-8-14-4-1-2-5-15(14)12-17/h8-9,12-13,20H,1-7,10-11H2. The van der Waals surface area contributed by atoms with Gasteiger partial charge in [0, 0.05) is 12.6 Å². The lowest BCUT2D eigenvalue weighted by Gasteiger charge is -2.17. The number of sulfonamides is 1. The number of nitrogens with zero attached hydrogens (tertiary/aromatic N) is 2. The zero-order valence-electron chi connectivity index (χ0n) is 14.7. The molecule has 0 radical (unpaired) electrons. The molecule has 6 nitrogen and oxygen atoms in total. The number of nitrogens with one attached hydrogen (secondary N) is 1. The van der Waals surface area contributed by atoms with Crippen molar-refractivity contribution in [3.8, 4) is 0 Å². The molecule has 0 amide bonds. The molecule has 0 fully saturated rings. The number of benzene rings is 1. The van der Waals surface area contributed by atoms with Crippen LogP contribution in [0.25, 0.3) is 0 Å². The normalized spacial score (nSPS) is 16.3. The van der Waals surface area contributed by atoms with Crippen LogP contribution in [0.5, 0.6) is 0 Å². The van der Waals surface area contributed by atoms with E-state index >= 15 is 0 Å². The summed E-state index contributed by atoms with van der Waals surface area (Å²) in [5.41, 5.74) is 4.21. The first-order valence-electron chi connectivity index (χ1n) is 9.24. The Morgan fingerprint density at radius 3 is 2.58 bits per heavy atom. The minimum Gasteiger partial charge on any atom is -0.268 e. The number of aromatic nitrogens is 2. The molecule has 0 bridgehead atoms. The van der Waals surface area contributed by atoms with Crippen LogP contribution in [-0.4, -0.2) is 24.7 Å². The number of fused-ring (bicyclic) bond motifs is 2. The molecule has 7 heteroatoms. The molecule has 26 heavy (non-hydrogen) atoms. The quantitative estimate of drug-likeness (QED) is 0.863. The lowest BCUT2D eigenvalue weighted by molar-refractivity contribution is 0.541. The number of rotatable bonds is 5. The summed E-state index contributed by atoms with van der Waals surface area (Å²) in [5.74, 6) is 0. The van der Waals surface area contributed by atoms with Crippen molar-refractivity contribution >= 4 is 10.0 Å². The highest BCUT2D eigenvalue weighted by Gasteiger charge is 2.18. The summed E-state index contributed by atoms with van der Waals surface area (Å²) in [6, 6.07) is 7.02. The third-order valence-electron chi connectivity index (χ3n) is 5.27. The van der Waals surface area contributed by atoms with Gasteiger partial charge in [-0.3, -0.25) is 4.79 Å². The van der Waals surface area contributed by atoms with Gasteiger partial charge in [-0.05, 0) is 73.8 Å². The van der Waals surface area contributed by atoms with Crippen LogP contribution >= 0.6 is 0 Å². The predicted octanol–water partition coefficient (Wildman–Crippen LogP) is 1.59. The van der Waals surface area contributed by atoms with E-state index in [-0.39, 0.29) is 18.6 Å². The van der Waals surface area contributed by atoms with Gasteiger partial charge in [0.2, 0.25) is 10.0 Å². The highest BCUT2D eigenvalue weighted by Crippen LogP contribution is 2.24. The van der Waals surface area contributed by atoms with Crippen LogP contribution in [-0.2, 0) is 42.3 Å². The molecule has 0 aliphatic heterocycles. The highest BCUT2D eigenvalue weighted by atomic mass is 32.2. The molecule has 1 heterocycles. The van der Waals surface area contributed by atoms with Gasteiger partial charge in [0.15, 0.2) is 0 Å². The van der Waals surface area contributed by atoms with Crippen LogP contribution in [0.3, 0.4) is 0 Å². The predicted molar refractivity (Wildman–Crippen MR) is 98.8 cm³/mol. The summed E-state index contributed by atoms with van der Waals surface area (Å²) in [6.45, 7) is 0.376. The molecular formula is C19H23N3O3S. The van der Waals surface area contributed by atoms with Crippen LogP contribution in [0.2, 0.25) is 0 Å². The van der Waals surface area contributed by atoms with E-state index in [0.717, 1.165) is 55.3 Å². The van der Waals surface area contributed by atoms with Crippen molar-refractivity contribution < 1.29 is 8.42 Å². The fourth-order valence-corrected chi connectivity index (χ4v) is 4.92. The van der Waals surface area contributed by atoms with Gasteiger partial charge in [-0.1, -0.05) is 6.07 Å². The lowest BCUT2D eigenvalue weighted by atomic mass is 9.92. The maximum absolute atomic E-state index is 12.6. The first-order chi connectivity index (χ1) is 12.5. The molecule has 1 N–H and O–H groups in total. The molecule has 2 aliphatic rings. The van der Waals surface area contributed by atoms with Crippen molar-refractivity contribution in [2.45, 2.75) is 56.4 Å². The van der Waals surface area contributed by atoms with Crippen LogP contribution < -0.4 is 10.3 Å². The molecule has 0 atom stereocenters. The van der Waals surface area contributed by atoms with Crippen LogP contribution in [0.15, 0.2) is 34.0 Å². The molecule has 0 unspecified atom stereocenters. The molecule has 2 aliphatic carbocycles. The molecule has 1 aromatic heterocycles. The Labute approximate surface area is 153 Å². The molecule has 4 rings (SSSR count). The number of aryl methyl sites for hydroxylation is 4.